The third-order valence-electron chi connectivity index (χ3n) is 5.62. The summed E-state index contributed by atoms with van der Waals surface area (Å²) in [6, 6.07) is 4.19. The fourth-order valence-corrected chi connectivity index (χ4v) is 9.36. The molecule has 1 atom stereocenters. The van der Waals surface area contributed by atoms with Crippen molar-refractivity contribution < 1.29 is 4.43 Å². The van der Waals surface area contributed by atoms with E-state index in [-0.39, 0.29) is 0 Å². The summed E-state index contributed by atoms with van der Waals surface area (Å²) >= 11 is 0. The van der Waals surface area contributed by atoms with Crippen LogP contribution < -0.4 is 0 Å². The van der Waals surface area contributed by atoms with Gasteiger partial charge in [0.05, 0.1) is 0 Å². The molecule has 1 unspecified atom stereocenters. The van der Waals surface area contributed by atoms with Crippen molar-refractivity contribution in [1.29, 1.82) is 0 Å². The number of rotatable bonds is 12. The number of hydrogen-bond acceptors (Lipinski definition) is 2. The number of hydrogen-bond donors (Lipinski definition) is 0. The van der Waals surface area contributed by atoms with Crippen LogP contribution in [0.15, 0.2) is 0 Å². The number of unbranched alkanes of at least 4 members (excludes halogenated alkanes) is 1. The molecule has 0 aromatic heterocycles. The highest BCUT2D eigenvalue weighted by Crippen LogP contribution is 2.31. The summed E-state index contributed by atoms with van der Waals surface area (Å²) in [5.74, 6) is 0. The molecule has 0 aliphatic carbocycles. The van der Waals surface area contributed by atoms with Crippen LogP contribution in [0.3, 0.4) is 0 Å². The Morgan fingerprint density at radius 1 is 0.952 bits per heavy atom. The summed E-state index contributed by atoms with van der Waals surface area (Å²) in [6.45, 7) is 22.4. The first-order chi connectivity index (χ1) is 9.83. The molecule has 4 heteroatoms. The molecule has 0 saturated carbocycles. The molecule has 0 amide bonds. The van der Waals surface area contributed by atoms with E-state index in [4.69, 9.17) is 4.43 Å². The molecule has 0 N–H and O–H groups in total. The largest absolute Gasteiger partial charge is 0.417 e. The third kappa shape index (κ3) is 6.16. The zero-order chi connectivity index (χ0) is 16.5. The van der Waals surface area contributed by atoms with Crippen molar-refractivity contribution in [2.45, 2.75) is 91.2 Å². The van der Waals surface area contributed by atoms with Gasteiger partial charge in [0.1, 0.15) is 8.24 Å². The second-order valence-electron chi connectivity index (χ2n) is 7.02. The highest BCUT2D eigenvalue weighted by Gasteiger charge is 2.38. The van der Waals surface area contributed by atoms with E-state index in [1.165, 1.54) is 44.1 Å². The van der Waals surface area contributed by atoms with Gasteiger partial charge in [-0.15, -0.1) is 0 Å². The topological polar surface area (TPSA) is 12.5 Å². The van der Waals surface area contributed by atoms with E-state index in [1.807, 2.05) is 0 Å². The Morgan fingerprint density at radius 3 is 1.86 bits per heavy atom. The monoisotopic (exact) mass is 331 g/mol. The van der Waals surface area contributed by atoms with E-state index in [2.05, 4.69) is 59.2 Å². The lowest BCUT2D eigenvalue weighted by Gasteiger charge is -2.44. The molecule has 0 fully saturated rings. The molecule has 2 nitrogen and oxygen atoms in total. The molecule has 0 spiro atoms. The Morgan fingerprint density at radius 2 is 1.48 bits per heavy atom. The fraction of sp³-hybridized carbons (Fsp3) is 1.00. The van der Waals surface area contributed by atoms with Crippen molar-refractivity contribution in [1.82, 2.24) is 4.57 Å². The average Bonchev–Trinajstić information content (AvgIpc) is 2.46. The molecule has 0 aliphatic heterocycles. The molecule has 0 bridgehead atoms. The Bertz CT molecular complexity index is 259. The molecule has 0 aromatic rings. The van der Waals surface area contributed by atoms with E-state index in [9.17, 15) is 0 Å². The third-order valence-corrected chi connectivity index (χ3v) is 14.9. The van der Waals surface area contributed by atoms with Gasteiger partial charge < -0.3 is 8.99 Å². The van der Waals surface area contributed by atoms with Crippen LogP contribution in [0.1, 0.15) is 54.4 Å². The fourth-order valence-electron chi connectivity index (χ4n) is 3.36. The zero-order valence-electron chi connectivity index (χ0n) is 16.1. The zero-order valence-corrected chi connectivity index (χ0v) is 18.1. The Kier molecular flexibility index (Phi) is 10.4. The van der Waals surface area contributed by atoms with Crippen LogP contribution >= 0.6 is 0 Å². The molecule has 0 saturated heterocycles. The summed E-state index contributed by atoms with van der Waals surface area (Å²) in [7, 11) is -2.79. The maximum atomic E-state index is 6.14. The van der Waals surface area contributed by atoms with Crippen molar-refractivity contribution in [3.05, 3.63) is 0 Å². The van der Waals surface area contributed by atoms with Gasteiger partial charge in [-0.1, -0.05) is 41.0 Å². The molecular formula is C17H41NOSi2. The van der Waals surface area contributed by atoms with Gasteiger partial charge in [0.2, 0.25) is 0 Å². The molecular weight excluding hydrogens is 290 g/mol. The quantitative estimate of drug-likeness (QED) is 0.424. The lowest BCUT2D eigenvalue weighted by atomic mass is 10.3. The lowest BCUT2D eigenvalue weighted by molar-refractivity contribution is 0.307. The summed E-state index contributed by atoms with van der Waals surface area (Å²) in [4.78, 5) is 0. The Labute approximate surface area is 136 Å². The van der Waals surface area contributed by atoms with Gasteiger partial charge in [-0.2, -0.15) is 0 Å². The molecule has 0 aromatic carbocycles. The summed E-state index contributed by atoms with van der Waals surface area (Å²) in [5, 5.41) is 0. The highest BCUT2D eigenvalue weighted by molar-refractivity contribution is 6.77. The van der Waals surface area contributed by atoms with Gasteiger partial charge in [-0.3, -0.25) is 0 Å². The van der Waals surface area contributed by atoms with Gasteiger partial charge in [0.25, 0.3) is 0 Å². The first kappa shape index (κ1) is 21.4. The summed E-state index contributed by atoms with van der Waals surface area (Å²) in [6.07, 6.45) is 2.65. The van der Waals surface area contributed by atoms with Crippen LogP contribution in [-0.2, 0) is 4.43 Å². The highest BCUT2D eigenvalue weighted by atomic mass is 28.4. The minimum absolute atomic E-state index is 0.714. The first-order valence-corrected chi connectivity index (χ1v) is 14.8. The van der Waals surface area contributed by atoms with Crippen LogP contribution in [0, 0.1) is 0 Å². The van der Waals surface area contributed by atoms with Crippen molar-refractivity contribution in [3.8, 4) is 0 Å². The first-order valence-electron chi connectivity index (χ1n) is 9.22. The normalized spacial score (nSPS) is 14.7. The predicted octanol–water partition coefficient (Wildman–Crippen LogP) is 5.73. The number of nitrogens with zero attached hydrogens (tertiary/aromatic N) is 1. The standard InChI is InChI=1S/C17H41NOSi2/c1-9-14-15-18(21(11-3,12-4)13-5)16-17(6)20(7,8)19-10-2/h17H,9-16H2,1-8H3. The van der Waals surface area contributed by atoms with Gasteiger partial charge >= 0.3 is 0 Å². The van der Waals surface area contributed by atoms with Crippen LogP contribution in [0.5, 0.6) is 0 Å². The second-order valence-corrected chi connectivity index (χ2v) is 16.7. The molecule has 21 heavy (non-hydrogen) atoms. The molecule has 0 radical (unpaired) electrons. The van der Waals surface area contributed by atoms with Crippen molar-refractivity contribution in [2.75, 3.05) is 19.7 Å². The maximum Gasteiger partial charge on any atom is 0.190 e. The lowest BCUT2D eigenvalue weighted by Crippen LogP contribution is -2.55. The van der Waals surface area contributed by atoms with Gasteiger partial charge in [0, 0.05) is 6.61 Å². The second kappa shape index (κ2) is 10.2. The van der Waals surface area contributed by atoms with Gasteiger partial charge in [-0.25, -0.2) is 0 Å². The van der Waals surface area contributed by atoms with E-state index < -0.39 is 16.6 Å². The minimum Gasteiger partial charge on any atom is -0.417 e. The van der Waals surface area contributed by atoms with Crippen LogP contribution in [0.4, 0.5) is 0 Å². The van der Waals surface area contributed by atoms with Gasteiger partial charge in [-0.05, 0) is 63.2 Å². The van der Waals surface area contributed by atoms with Crippen molar-refractivity contribution in [2.24, 2.45) is 0 Å². The molecule has 0 aliphatic rings. The Hall–Kier alpha value is 0.354. The van der Waals surface area contributed by atoms with Crippen molar-refractivity contribution >= 4 is 16.6 Å². The molecule has 128 valence electrons. The van der Waals surface area contributed by atoms with Crippen LogP contribution in [0.2, 0.25) is 36.8 Å². The predicted molar refractivity (Wildman–Crippen MR) is 102 cm³/mol. The SMILES string of the molecule is CCCCN(CC(C)[Si](C)(C)OCC)[Si](CC)(CC)CC. The summed E-state index contributed by atoms with van der Waals surface area (Å²) < 4.78 is 9.08. The maximum absolute atomic E-state index is 6.14. The average molecular weight is 332 g/mol. The van der Waals surface area contributed by atoms with Crippen molar-refractivity contribution in [3.63, 3.8) is 0 Å². The Balaban J connectivity index is 5.06. The summed E-state index contributed by atoms with van der Waals surface area (Å²) in [5.41, 5.74) is 0.714. The molecule has 0 rings (SSSR count). The van der Waals surface area contributed by atoms with Crippen LogP contribution in [0.25, 0.3) is 0 Å². The van der Waals surface area contributed by atoms with Gasteiger partial charge in [0.15, 0.2) is 8.32 Å². The van der Waals surface area contributed by atoms with E-state index in [0.717, 1.165) is 6.61 Å². The van der Waals surface area contributed by atoms with E-state index >= 15 is 0 Å². The van der Waals surface area contributed by atoms with E-state index in [0.29, 0.717) is 5.54 Å². The smallest absolute Gasteiger partial charge is 0.190 e. The van der Waals surface area contributed by atoms with E-state index in [1.54, 1.807) is 0 Å². The minimum atomic E-state index is -1.55. The molecule has 0 heterocycles. The van der Waals surface area contributed by atoms with Crippen LogP contribution in [-0.4, -0.2) is 40.8 Å².